The first-order valence-corrected chi connectivity index (χ1v) is 7.10. The van der Waals surface area contributed by atoms with E-state index in [4.69, 9.17) is 0 Å². The van der Waals surface area contributed by atoms with Gasteiger partial charge in [0, 0.05) is 23.1 Å². The van der Waals surface area contributed by atoms with Crippen LogP contribution in [0.2, 0.25) is 0 Å². The predicted molar refractivity (Wildman–Crippen MR) is 84.1 cm³/mol. The van der Waals surface area contributed by atoms with Crippen molar-refractivity contribution in [3.63, 3.8) is 0 Å². The molecule has 5 heteroatoms. The molecule has 0 aromatic heterocycles. The Morgan fingerprint density at radius 2 is 2.21 bits per heavy atom. The van der Waals surface area contributed by atoms with Crippen molar-refractivity contribution in [3.8, 4) is 0 Å². The zero-order valence-corrected chi connectivity index (χ0v) is 13.7. The summed E-state index contributed by atoms with van der Waals surface area (Å²) in [5.41, 5.74) is 1.89. The van der Waals surface area contributed by atoms with Crippen molar-refractivity contribution < 1.29 is 4.79 Å². The number of hydrogen-bond acceptors (Lipinski definition) is 2. The third-order valence-electron chi connectivity index (χ3n) is 3.35. The Bertz CT molecular complexity index is 433. The van der Waals surface area contributed by atoms with Crippen LogP contribution in [0.25, 0.3) is 0 Å². The zero-order chi connectivity index (χ0) is 13.1. The Kier molecular flexibility index (Phi) is 6.30. The summed E-state index contributed by atoms with van der Waals surface area (Å²) >= 11 is 3.45. The van der Waals surface area contributed by atoms with Gasteiger partial charge in [-0.05, 0) is 56.6 Å². The third kappa shape index (κ3) is 4.20. The van der Waals surface area contributed by atoms with Gasteiger partial charge in [-0.25, -0.2) is 0 Å². The van der Waals surface area contributed by atoms with Gasteiger partial charge in [-0.1, -0.05) is 15.9 Å². The molecule has 1 aromatic rings. The Labute approximate surface area is 129 Å². The van der Waals surface area contributed by atoms with Crippen LogP contribution in [0.3, 0.4) is 0 Å². The minimum atomic E-state index is 0. The van der Waals surface area contributed by atoms with Crippen LogP contribution in [0.1, 0.15) is 22.3 Å². The van der Waals surface area contributed by atoms with Gasteiger partial charge in [-0.2, -0.15) is 0 Å². The molecule has 1 aliphatic heterocycles. The van der Waals surface area contributed by atoms with Gasteiger partial charge in [-0.3, -0.25) is 4.79 Å². The second kappa shape index (κ2) is 7.27. The molecule has 1 aromatic carbocycles. The Morgan fingerprint density at radius 1 is 1.47 bits per heavy atom. The van der Waals surface area contributed by atoms with Crippen LogP contribution in [0.5, 0.6) is 0 Å². The molecule has 1 amide bonds. The van der Waals surface area contributed by atoms with E-state index in [-0.39, 0.29) is 18.3 Å². The normalized spacial score (nSPS) is 18.3. The summed E-state index contributed by atoms with van der Waals surface area (Å²) in [5.74, 6) is 0.741. The third-order valence-corrected chi connectivity index (χ3v) is 3.81. The molecule has 2 rings (SSSR count). The highest BCUT2D eigenvalue weighted by Crippen LogP contribution is 2.21. The second-order valence-electron chi connectivity index (χ2n) is 4.98. The molecule has 0 bridgehead atoms. The molecular formula is C14H20BrClN2O. The van der Waals surface area contributed by atoms with E-state index < -0.39 is 0 Å². The number of amides is 1. The van der Waals surface area contributed by atoms with Crippen LogP contribution >= 0.6 is 28.3 Å². The van der Waals surface area contributed by atoms with E-state index in [2.05, 4.69) is 21.2 Å². The van der Waals surface area contributed by atoms with Gasteiger partial charge in [0.05, 0.1) is 0 Å². The molecule has 1 unspecified atom stereocenters. The summed E-state index contributed by atoms with van der Waals surface area (Å²) in [5, 5.41) is 3.18. The smallest absolute Gasteiger partial charge is 0.253 e. The quantitative estimate of drug-likeness (QED) is 0.912. The van der Waals surface area contributed by atoms with Crippen molar-refractivity contribution in [1.82, 2.24) is 10.2 Å². The topological polar surface area (TPSA) is 32.3 Å². The summed E-state index contributed by atoms with van der Waals surface area (Å²) in [6.45, 7) is 4.73. The highest BCUT2D eigenvalue weighted by Gasteiger charge is 2.26. The number of carbonyl (C=O) groups is 1. The standard InChI is InChI=1S/C14H19BrN2O.ClH/c1-10-5-12(7-13(15)6-10)14(18)17-4-3-11(9-17)8-16-2;/h5-7,11,16H,3-4,8-9H2,1-2H3;1H. The van der Waals surface area contributed by atoms with Crippen LogP contribution in [0, 0.1) is 12.8 Å². The number of nitrogens with zero attached hydrogens (tertiary/aromatic N) is 1. The van der Waals surface area contributed by atoms with E-state index in [9.17, 15) is 4.79 Å². The Hall–Kier alpha value is -0.580. The molecular weight excluding hydrogens is 328 g/mol. The van der Waals surface area contributed by atoms with E-state index in [0.29, 0.717) is 5.92 Å². The lowest BCUT2D eigenvalue weighted by molar-refractivity contribution is 0.0787. The van der Waals surface area contributed by atoms with E-state index >= 15 is 0 Å². The molecule has 0 aliphatic carbocycles. The van der Waals surface area contributed by atoms with Gasteiger partial charge >= 0.3 is 0 Å². The zero-order valence-electron chi connectivity index (χ0n) is 11.3. The summed E-state index contributed by atoms with van der Waals surface area (Å²) in [7, 11) is 1.96. The highest BCUT2D eigenvalue weighted by atomic mass is 79.9. The Balaban J connectivity index is 0.00000180. The number of benzene rings is 1. The van der Waals surface area contributed by atoms with E-state index in [0.717, 1.165) is 41.7 Å². The maximum Gasteiger partial charge on any atom is 0.253 e. The molecule has 0 saturated carbocycles. The van der Waals surface area contributed by atoms with E-state index in [1.54, 1.807) is 0 Å². The average Bonchev–Trinajstić information content (AvgIpc) is 2.76. The Morgan fingerprint density at radius 3 is 2.84 bits per heavy atom. The number of halogens is 2. The molecule has 1 saturated heterocycles. The molecule has 1 aliphatic rings. The fraction of sp³-hybridized carbons (Fsp3) is 0.500. The fourth-order valence-corrected chi connectivity index (χ4v) is 3.12. The van der Waals surface area contributed by atoms with Crippen molar-refractivity contribution in [2.24, 2.45) is 5.92 Å². The van der Waals surface area contributed by atoms with Crippen LogP contribution < -0.4 is 5.32 Å². The average molecular weight is 348 g/mol. The molecule has 1 heterocycles. The summed E-state index contributed by atoms with van der Waals surface area (Å²) < 4.78 is 0.969. The van der Waals surface area contributed by atoms with Gasteiger partial charge in [0.15, 0.2) is 0 Å². The van der Waals surface area contributed by atoms with Crippen molar-refractivity contribution >= 4 is 34.2 Å². The number of hydrogen-bond donors (Lipinski definition) is 1. The molecule has 0 spiro atoms. The summed E-state index contributed by atoms with van der Waals surface area (Å²) in [6, 6.07) is 5.88. The van der Waals surface area contributed by atoms with Gasteiger partial charge in [0.2, 0.25) is 0 Å². The van der Waals surface area contributed by atoms with Crippen molar-refractivity contribution in [2.45, 2.75) is 13.3 Å². The minimum Gasteiger partial charge on any atom is -0.338 e. The lowest BCUT2D eigenvalue weighted by Crippen LogP contribution is -2.30. The number of rotatable bonds is 3. The first-order chi connectivity index (χ1) is 8.60. The first-order valence-electron chi connectivity index (χ1n) is 6.31. The number of likely N-dealkylation sites (tertiary alicyclic amines) is 1. The van der Waals surface area contributed by atoms with E-state index in [1.807, 2.05) is 37.1 Å². The summed E-state index contributed by atoms with van der Waals surface area (Å²) in [4.78, 5) is 14.3. The largest absolute Gasteiger partial charge is 0.338 e. The number of aryl methyl sites for hydroxylation is 1. The molecule has 1 N–H and O–H groups in total. The van der Waals surface area contributed by atoms with Crippen LogP contribution in [-0.4, -0.2) is 37.5 Å². The molecule has 19 heavy (non-hydrogen) atoms. The second-order valence-corrected chi connectivity index (χ2v) is 5.90. The van der Waals surface area contributed by atoms with Crippen molar-refractivity contribution in [3.05, 3.63) is 33.8 Å². The first kappa shape index (κ1) is 16.5. The van der Waals surface area contributed by atoms with Gasteiger partial charge in [-0.15, -0.1) is 12.4 Å². The maximum absolute atomic E-state index is 12.4. The SMILES string of the molecule is CNCC1CCN(C(=O)c2cc(C)cc(Br)c2)C1.Cl. The van der Waals surface area contributed by atoms with Crippen LogP contribution in [0.15, 0.2) is 22.7 Å². The number of nitrogens with one attached hydrogen (secondary N) is 1. The number of carbonyl (C=O) groups excluding carboxylic acids is 1. The monoisotopic (exact) mass is 346 g/mol. The van der Waals surface area contributed by atoms with Gasteiger partial charge in [0.25, 0.3) is 5.91 Å². The van der Waals surface area contributed by atoms with Gasteiger partial charge < -0.3 is 10.2 Å². The van der Waals surface area contributed by atoms with Crippen molar-refractivity contribution in [2.75, 3.05) is 26.7 Å². The lowest BCUT2D eigenvalue weighted by atomic mass is 10.1. The molecule has 106 valence electrons. The maximum atomic E-state index is 12.4. The van der Waals surface area contributed by atoms with Gasteiger partial charge in [0.1, 0.15) is 0 Å². The van der Waals surface area contributed by atoms with E-state index in [1.165, 1.54) is 0 Å². The molecule has 1 atom stereocenters. The lowest BCUT2D eigenvalue weighted by Gasteiger charge is -2.17. The highest BCUT2D eigenvalue weighted by molar-refractivity contribution is 9.10. The molecule has 0 radical (unpaired) electrons. The fourth-order valence-electron chi connectivity index (χ4n) is 2.51. The predicted octanol–water partition coefficient (Wildman–Crippen LogP) is 2.86. The minimum absolute atomic E-state index is 0. The van der Waals surface area contributed by atoms with Crippen LogP contribution in [0.4, 0.5) is 0 Å². The van der Waals surface area contributed by atoms with Crippen molar-refractivity contribution in [1.29, 1.82) is 0 Å². The molecule has 3 nitrogen and oxygen atoms in total. The van der Waals surface area contributed by atoms with Crippen LogP contribution in [-0.2, 0) is 0 Å². The molecule has 1 fully saturated rings. The summed E-state index contributed by atoms with van der Waals surface area (Å²) in [6.07, 6.45) is 1.10.